The number of pyridine rings is 1. The van der Waals surface area contributed by atoms with E-state index in [-0.39, 0.29) is 12.2 Å². The minimum atomic E-state index is 0.180. The highest BCUT2D eigenvalue weighted by molar-refractivity contribution is 5.34. The molecular formula is C18H22N4O2. The molecular weight excluding hydrogens is 304 g/mol. The molecule has 6 nitrogen and oxygen atoms in total. The minimum Gasteiger partial charge on any atom is -0.374 e. The number of fused-ring (bicyclic) bond motifs is 1. The van der Waals surface area contributed by atoms with Gasteiger partial charge in [0.15, 0.2) is 0 Å². The fraction of sp³-hybridized carbons (Fsp3) is 0.500. The van der Waals surface area contributed by atoms with Gasteiger partial charge in [0, 0.05) is 31.3 Å². The van der Waals surface area contributed by atoms with E-state index >= 15 is 0 Å². The lowest BCUT2D eigenvalue weighted by molar-refractivity contribution is -0.0889. The van der Waals surface area contributed by atoms with Gasteiger partial charge in [-0.2, -0.15) is 0 Å². The van der Waals surface area contributed by atoms with Crippen LogP contribution in [0.1, 0.15) is 24.8 Å². The Bertz CT molecular complexity index is 640. The molecule has 2 fully saturated rings. The predicted octanol–water partition coefficient (Wildman–Crippen LogP) is 2.21. The van der Waals surface area contributed by atoms with Crippen LogP contribution in [0.5, 0.6) is 0 Å². The van der Waals surface area contributed by atoms with Crippen LogP contribution in [0.4, 0.5) is 5.95 Å². The average molecular weight is 326 g/mol. The molecule has 0 radical (unpaired) electrons. The molecule has 0 aliphatic carbocycles. The van der Waals surface area contributed by atoms with E-state index in [0.717, 1.165) is 37.3 Å². The predicted molar refractivity (Wildman–Crippen MR) is 89.6 cm³/mol. The van der Waals surface area contributed by atoms with Gasteiger partial charge in [0.2, 0.25) is 5.95 Å². The first-order valence-electron chi connectivity index (χ1n) is 8.56. The SMILES string of the molecule is c1cnc(N2CC[C@@H]3O[C@@H](COCc4cccnc4)CC[C@@H]32)nc1. The summed E-state index contributed by atoms with van der Waals surface area (Å²) in [7, 11) is 0. The van der Waals surface area contributed by atoms with Crippen molar-refractivity contribution in [1.82, 2.24) is 15.0 Å². The normalized spacial score (nSPS) is 26.3. The van der Waals surface area contributed by atoms with E-state index in [1.54, 1.807) is 18.6 Å². The second-order valence-electron chi connectivity index (χ2n) is 6.35. The number of anilines is 1. The average Bonchev–Trinajstić information content (AvgIpc) is 3.07. The van der Waals surface area contributed by atoms with Crippen molar-refractivity contribution in [2.24, 2.45) is 0 Å². The molecule has 4 heterocycles. The van der Waals surface area contributed by atoms with Crippen molar-refractivity contribution in [3.63, 3.8) is 0 Å². The third-order valence-electron chi connectivity index (χ3n) is 4.74. The first-order chi connectivity index (χ1) is 11.9. The van der Waals surface area contributed by atoms with E-state index in [4.69, 9.17) is 9.47 Å². The summed E-state index contributed by atoms with van der Waals surface area (Å²) in [6, 6.07) is 6.20. The zero-order valence-corrected chi connectivity index (χ0v) is 13.6. The largest absolute Gasteiger partial charge is 0.374 e. The van der Waals surface area contributed by atoms with Crippen molar-refractivity contribution < 1.29 is 9.47 Å². The quantitative estimate of drug-likeness (QED) is 0.839. The molecule has 0 N–H and O–H groups in total. The zero-order chi connectivity index (χ0) is 16.2. The highest BCUT2D eigenvalue weighted by atomic mass is 16.5. The lowest BCUT2D eigenvalue weighted by Gasteiger charge is -2.35. The first kappa shape index (κ1) is 15.5. The van der Waals surface area contributed by atoms with Crippen LogP contribution in [0, 0.1) is 0 Å². The number of rotatable bonds is 5. The summed E-state index contributed by atoms with van der Waals surface area (Å²) >= 11 is 0. The van der Waals surface area contributed by atoms with E-state index < -0.39 is 0 Å². The Balaban J connectivity index is 1.28. The highest BCUT2D eigenvalue weighted by Gasteiger charge is 2.40. The van der Waals surface area contributed by atoms with Gasteiger partial charge < -0.3 is 14.4 Å². The Hall–Kier alpha value is -2.05. The zero-order valence-electron chi connectivity index (χ0n) is 13.6. The third kappa shape index (κ3) is 3.39. The topological polar surface area (TPSA) is 60.4 Å². The van der Waals surface area contributed by atoms with Crippen LogP contribution < -0.4 is 4.90 Å². The Labute approximate surface area is 141 Å². The van der Waals surface area contributed by atoms with Crippen LogP contribution in [-0.4, -0.2) is 46.4 Å². The van der Waals surface area contributed by atoms with Gasteiger partial charge in [-0.25, -0.2) is 9.97 Å². The van der Waals surface area contributed by atoms with Gasteiger partial charge in [-0.15, -0.1) is 0 Å². The van der Waals surface area contributed by atoms with Gasteiger partial charge in [0.05, 0.1) is 31.5 Å². The smallest absolute Gasteiger partial charge is 0.225 e. The Kier molecular flexibility index (Phi) is 4.66. The number of nitrogens with zero attached hydrogens (tertiary/aromatic N) is 4. The maximum absolute atomic E-state index is 6.26. The molecule has 0 saturated carbocycles. The van der Waals surface area contributed by atoms with Gasteiger partial charge in [-0.05, 0) is 37.0 Å². The van der Waals surface area contributed by atoms with E-state index in [2.05, 4.69) is 19.9 Å². The molecule has 0 unspecified atom stereocenters. The molecule has 2 aliphatic heterocycles. The van der Waals surface area contributed by atoms with Crippen LogP contribution in [0.25, 0.3) is 0 Å². The standard InChI is InChI=1S/C18H22N4O2/c1-3-14(11-19-7-1)12-23-13-15-4-5-16-17(24-15)6-10-22(16)18-20-8-2-9-21-18/h1-3,7-9,11,15-17H,4-6,10,12-13H2/t15-,16+,17+/m1/s1. The van der Waals surface area contributed by atoms with Gasteiger partial charge >= 0.3 is 0 Å². The van der Waals surface area contributed by atoms with Gasteiger partial charge in [-0.1, -0.05) is 6.07 Å². The molecule has 0 aromatic carbocycles. The Morgan fingerprint density at radius 1 is 1.12 bits per heavy atom. The summed E-state index contributed by atoms with van der Waals surface area (Å²) in [5, 5.41) is 0. The van der Waals surface area contributed by atoms with Crippen LogP contribution in [0.15, 0.2) is 43.0 Å². The van der Waals surface area contributed by atoms with Crippen molar-refractivity contribution in [3.8, 4) is 0 Å². The minimum absolute atomic E-state index is 0.180. The molecule has 24 heavy (non-hydrogen) atoms. The monoisotopic (exact) mass is 326 g/mol. The maximum Gasteiger partial charge on any atom is 0.225 e. The number of ether oxygens (including phenoxy) is 2. The molecule has 2 aromatic heterocycles. The van der Waals surface area contributed by atoms with Crippen molar-refractivity contribution in [2.45, 2.75) is 44.1 Å². The lowest BCUT2D eigenvalue weighted by Crippen LogP contribution is -2.44. The van der Waals surface area contributed by atoms with Crippen LogP contribution in [-0.2, 0) is 16.1 Å². The summed E-state index contributed by atoms with van der Waals surface area (Å²) < 4.78 is 12.1. The number of hydrogen-bond acceptors (Lipinski definition) is 6. The molecule has 4 rings (SSSR count). The molecule has 2 aliphatic rings. The number of hydrogen-bond donors (Lipinski definition) is 0. The van der Waals surface area contributed by atoms with E-state index in [1.807, 2.05) is 24.4 Å². The Morgan fingerprint density at radius 2 is 2.04 bits per heavy atom. The molecule has 6 heteroatoms. The summed E-state index contributed by atoms with van der Waals surface area (Å²) in [5.41, 5.74) is 1.10. The fourth-order valence-electron chi connectivity index (χ4n) is 3.60. The third-order valence-corrected chi connectivity index (χ3v) is 4.74. The van der Waals surface area contributed by atoms with Gasteiger partial charge in [-0.3, -0.25) is 4.98 Å². The van der Waals surface area contributed by atoms with Crippen molar-refractivity contribution in [3.05, 3.63) is 48.5 Å². The summed E-state index contributed by atoms with van der Waals surface area (Å²) in [6.45, 7) is 2.19. The van der Waals surface area contributed by atoms with Gasteiger partial charge in [0.1, 0.15) is 0 Å². The van der Waals surface area contributed by atoms with E-state index in [1.165, 1.54) is 0 Å². The second-order valence-corrected chi connectivity index (χ2v) is 6.35. The van der Waals surface area contributed by atoms with Crippen molar-refractivity contribution in [1.29, 1.82) is 0 Å². The lowest BCUT2D eigenvalue weighted by atomic mass is 9.99. The van der Waals surface area contributed by atoms with E-state index in [9.17, 15) is 0 Å². The summed E-state index contributed by atoms with van der Waals surface area (Å²) in [4.78, 5) is 15.2. The fourth-order valence-corrected chi connectivity index (χ4v) is 3.60. The molecule has 0 amide bonds. The second kappa shape index (κ2) is 7.23. The molecule has 0 bridgehead atoms. The maximum atomic E-state index is 6.26. The summed E-state index contributed by atoms with van der Waals surface area (Å²) in [6.07, 6.45) is 10.8. The van der Waals surface area contributed by atoms with Crippen molar-refractivity contribution >= 4 is 5.95 Å². The van der Waals surface area contributed by atoms with Gasteiger partial charge in [0.25, 0.3) is 0 Å². The molecule has 126 valence electrons. The van der Waals surface area contributed by atoms with Crippen LogP contribution in [0.2, 0.25) is 0 Å². The molecule has 2 aromatic rings. The van der Waals surface area contributed by atoms with Crippen LogP contribution in [0.3, 0.4) is 0 Å². The number of aromatic nitrogens is 3. The van der Waals surface area contributed by atoms with Crippen LogP contribution >= 0.6 is 0 Å². The van der Waals surface area contributed by atoms with Crippen molar-refractivity contribution in [2.75, 3.05) is 18.1 Å². The van der Waals surface area contributed by atoms with E-state index in [0.29, 0.717) is 19.3 Å². The molecule has 2 saturated heterocycles. The molecule has 0 spiro atoms. The molecule has 3 atom stereocenters. The summed E-state index contributed by atoms with van der Waals surface area (Å²) in [5.74, 6) is 0.819. The first-order valence-corrected chi connectivity index (χ1v) is 8.56. The Morgan fingerprint density at radius 3 is 2.88 bits per heavy atom. The highest BCUT2D eigenvalue weighted by Crippen LogP contribution is 2.33.